The second-order valence-electron chi connectivity index (χ2n) is 11.0. The largest absolute Gasteiger partial charge is 0.493 e. The first kappa shape index (κ1) is 30.0. The first-order chi connectivity index (χ1) is 19.6. The number of ether oxygens (including phenoxy) is 4. The summed E-state index contributed by atoms with van der Waals surface area (Å²) in [6.45, 7) is 11.7. The van der Waals surface area contributed by atoms with Gasteiger partial charge < -0.3 is 18.9 Å². The van der Waals surface area contributed by atoms with Gasteiger partial charge in [0.05, 0.1) is 18.8 Å². The molecular formula is C34H36F2O5. The van der Waals surface area contributed by atoms with Crippen molar-refractivity contribution in [2.45, 2.75) is 65.1 Å². The van der Waals surface area contributed by atoms with Crippen molar-refractivity contribution < 1.29 is 32.8 Å². The van der Waals surface area contributed by atoms with Crippen LogP contribution in [0.25, 0.3) is 0 Å². The fraction of sp³-hybridized carbons (Fsp3) is 0.353. The summed E-state index contributed by atoms with van der Waals surface area (Å²) in [5.41, 5.74) is 3.14. The molecular weight excluding hydrogens is 526 g/mol. The van der Waals surface area contributed by atoms with Crippen LogP contribution in [0.2, 0.25) is 0 Å². The highest BCUT2D eigenvalue weighted by Crippen LogP contribution is 2.44. The molecule has 3 aromatic carbocycles. The number of terminal acetylenes is 1. The zero-order valence-electron chi connectivity index (χ0n) is 24.0. The van der Waals surface area contributed by atoms with Crippen LogP contribution >= 0.6 is 0 Å². The minimum atomic E-state index is -0.946. The molecule has 1 heterocycles. The number of rotatable bonds is 9. The molecule has 216 valence electrons. The van der Waals surface area contributed by atoms with E-state index in [0.717, 1.165) is 23.3 Å². The molecule has 5 nitrogen and oxygen atoms in total. The number of hydrogen-bond acceptors (Lipinski definition) is 5. The van der Waals surface area contributed by atoms with Crippen LogP contribution in [-0.2, 0) is 17.8 Å². The molecule has 5 rings (SSSR count). The van der Waals surface area contributed by atoms with Crippen molar-refractivity contribution in [1.82, 2.24) is 0 Å². The van der Waals surface area contributed by atoms with Crippen LogP contribution < -0.4 is 18.9 Å². The Morgan fingerprint density at radius 2 is 1.83 bits per heavy atom. The van der Waals surface area contributed by atoms with Gasteiger partial charge in [0.25, 0.3) is 0 Å². The number of fused-ring (bicyclic) bond motifs is 2. The lowest BCUT2D eigenvalue weighted by atomic mass is 10.1. The van der Waals surface area contributed by atoms with E-state index >= 15 is 4.39 Å². The quantitative estimate of drug-likeness (QED) is 0.193. The van der Waals surface area contributed by atoms with Gasteiger partial charge in [0.1, 0.15) is 46.3 Å². The summed E-state index contributed by atoms with van der Waals surface area (Å²) >= 11 is 0. The van der Waals surface area contributed by atoms with Gasteiger partial charge in [-0.3, -0.25) is 0 Å². The van der Waals surface area contributed by atoms with Crippen LogP contribution in [0.1, 0.15) is 68.9 Å². The topological polar surface area (TPSA) is 46.2 Å². The smallest absolute Gasteiger partial charge is 0.146 e. The Balaban J connectivity index is 0.000000909. The van der Waals surface area contributed by atoms with Gasteiger partial charge in [-0.15, -0.1) is 13.0 Å². The standard InChI is InChI=1S/C30H28F2O5.C4H8/c1-4-19-5-7-21(33-16-14-30(2,3)37-32)17-28(19)36-25-12-10-24(31)29-23(25)9-11-26(29)35-22-8-6-20-13-15-34-27(20)18-22;1-4(2)3/h1,5-8,10,12,17-18,26H,9,11,13-16H2,2-3H3;1H2,2-3H3/t26-;/m1./s1. The van der Waals surface area contributed by atoms with Crippen molar-refractivity contribution in [3.63, 3.8) is 0 Å². The lowest BCUT2D eigenvalue weighted by Crippen LogP contribution is -2.23. The van der Waals surface area contributed by atoms with Gasteiger partial charge in [-0.25, -0.2) is 4.39 Å². The molecule has 0 amide bonds. The molecule has 0 aromatic heterocycles. The zero-order chi connectivity index (χ0) is 29.6. The van der Waals surface area contributed by atoms with Crippen LogP contribution in [-0.4, -0.2) is 18.8 Å². The Morgan fingerprint density at radius 3 is 2.56 bits per heavy atom. The summed E-state index contributed by atoms with van der Waals surface area (Å²) in [5, 5.41) is 0. The number of hydrogen-bond donors (Lipinski definition) is 0. The molecule has 7 heteroatoms. The lowest BCUT2D eigenvalue weighted by molar-refractivity contribution is -0.225. The van der Waals surface area contributed by atoms with Gasteiger partial charge in [0, 0.05) is 36.1 Å². The molecule has 0 saturated carbocycles. The summed E-state index contributed by atoms with van der Waals surface area (Å²) in [5.74, 6) is 5.18. The van der Waals surface area contributed by atoms with Gasteiger partial charge in [-0.2, -0.15) is 4.94 Å². The minimum Gasteiger partial charge on any atom is -0.493 e. The third kappa shape index (κ3) is 7.59. The van der Waals surface area contributed by atoms with E-state index in [1.165, 1.54) is 11.6 Å². The molecule has 0 saturated heterocycles. The maximum Gasteiger partial charge on any atom is 0.146 e. The highest BCUT2D eigenvalue weighted by molar-refractivity contribution is 5.54. The molecule has 1 aliphatic carbocycles. The Kier molecular flexibility index (Phi) is 9.57. The van der Waals surface area contributed by atoms with Crippen molar-refractivity contribution in [2.75, 3.05) is 13.2 Å². The van der Waals surface area contributed by atoms with E-state index in [1.807, 2.05) is 32.0 Å². The Bertz CT molecular complexity index is 1440. The highest BCUT2D eigenvalue weighted by Gasteiger charge is 2.31. The fourth-order valence-electron chi connectivity index (χ4n) is 4.61. The Hall–Kier alpha value is -4.02. The van der Waals surface area contributed by atoms with E-state index in [4.69, 9.17) is 25.4 Å². The summed E-state index contributed by atoms with van der Waals surface area (Å²) < 4.78 is 51.4. The second-order valence-corrected chi connectivity index (χ2v) is 11.0. The van der Waals surface area contributed by atoms with Crippen LogP contribution in [0.5, 0.6) is 28.7 Å². The third-order valence-corrected chi connectivity index (χ3v) is 6.70. The predicted molar refractivity (Wildman–Crippen MR) is 155 cm³/mol. The zero-order valence-corrected chi connectivity index (χ0v) is 24.0. The average molecular weight is 563 g/mol. The first-order valence-electron chi connectivity index (χ1n) is 13.7. The molecule has 2 aliphatic rings. The highest BCUT2D eigenvalue weighted by atomic mass is 19.3. The Morgan fingerprint density at radius 1 is 1.07 bits per heavy atom. The maximum atomic E-state index is 15.0. The molecule has 0 radical (unpaired) electrons. The summed E-state index contributed by atoms with van der Waals surface area (Å²) in [4.78, 5) is 3.95. The molecule has 0 fully saturated rings. The second kappa shape index (κ2) is 13.1. The third-order valence-electron chi connectivity index (χ3n) is 6.70. The molecule has 1 aliphatic heterocycles. The maximum absolute atomic E-state index is 15.0. The van der Waals surface area contributed by atoms with Crippen molar-refractivity contribution in [3.05, 3.63) is 88.8 Å². The van der Waals surface area contributed by atoms with Gasteiger partial charge in [0.2, 0.25) is 0 Å². The van der Waals surface area contributed by atoms with E-state index in [1.54, 1.807) is 38.1 Å². The molecule has 41 heavy (non-hydrogen) atoms. The van der Waals surface area contributed by atoms with Crippen molar-refractivity contribution in [3.8, 4) is 41.1 Å². The summed E-state index contributed by atoms with van der Waals surface area (Å²) in [6.07, 6.45) is 7.68. The van der Waals surface area contributed by atoms with Gasteiger partial charge in [-0.05, 0) is 81.0 Å². The van der Waals surface area contributed by atoms with E-state index in [0.29, 0.717) is 60.0 Å². The Labute approximate surface area is 240 Å². The summed E-state index contributed by atoms with van der Waals surface area (Å²) in [6, 6.07) is 13.9. The van der Waals surface area contributed by atoms with Crippen LogP contribution in [0.3, 0.4) is 0 Å². The van der Waals surface area contributed by atoms with Gasteiger partial charge in [0.15, 0.2) is 0 Å². The van der Waals surface area contributed by atoms with Crippen LogP contribution in [0.4, 0.5) is 8.92 Å². The van der Waals surface area contributed by atoms with E-state index in [2.05, 4.69) is 17.4 Å². The number of benzene rings is 3. The van der Waals surface area contributed by atoms with E-state index < -0.39 is 11.7 Å². The van der Waals surface area contributed by atoms with Crippen molar-refractivity contribution >= 4 is 0 Å². The molecule has 0 unspecified atom stereocenters. The molecule has 1 atom stereocenters. The van der Waals surface area contributed by atoms with Crippen LogP contribution in [0, 0.1) is 18.2 Å². The van der Waals surface area contributed by atoms with Gasteiger partial charge in [-0.1, -0.05) is 17.6 Å². The number of allylic oxidation sites excluding steroid dienone is 1. The monoisotopic (exact) mass is 562 g/mol. The predicted octanol–water partition coefficient (Wildman–Crippen LogP) is 8.63. The fourth-order valence-corrected chi connectivity index (χ4v) is 4.61. The molecule has 0 spiro atoms. The van der Waals surface area contributed by atoms with E-state index in [9.17, 15) is 4.53 Å². The first-order valence-corrected chi connectivity index (χ1v) is 13.7. The van der Waals surface area contributed by atoms with Gasteiger partial charge >= 0.3 is 0 Å². The van der Waals surface area contributed by atoms with Crippen molar-refractivity contribution in [2.24, 2.45) is 0 Å². The molecule has 0 N–H and O–H groups in total. The number of halogens is 2. The minimum absolute atomic E-state index is 0.241. The van der Waals surface area contributed by atoms with E-state index in [-0.39, 0.29) is 12.4 Å². The molecule has 3 aromatic rings. The summed E-state index contributed by atoms with van der Waals surface area (Å²) in [7, 11) is 0. The van der Waals surface area contributed by atoms with Crippen molar-refractivity contribution in [1.29, 1.82) is 0 Å². The lowest BCUT2D eigenvalue weighted by Gasteiger charge is -2.19. The average Bonchev–Trinajstić information content (AvgIpc) is 3.58. The van der Waals surface area contributed by atoms with Crippen LogP contribution in [0.15, 0.2) is 60.7 Å². The normalized spacial score (nSPS) is 15.0. The molecule has 0 bridgehead atoms. The SMILES string of the molecule is C#Cc1ccc(OCCC(C)(C)OF)cc1Oc1ccc(F)c2c1CC[C@H]2Oc1ccc2c(c1)OCC2.C=C(C)C.